The molecular weight excluding hydrogens is 344 g/mol. The smallest absolute Gasteiger partial charge is 0.404 e. The number of nitrogens with one attached hydrogen (secondary N) is 1. The largest absolute Gasteiger partial charge is 0.446 e. The summed E-state index contributed by atoms with van der Waals surface area (Å²) >= 11 is 0. The first-order valence-corrected chi connectivity index (χ1v) is 9.93. The summed E-state index contributed by atoms with van der Waals surface area (Å²) in [5.41, 5.74) is 5.95. The molecule has 2 fully saturated rings. The van der Waals surface area contributed by atoms with E-state index in [1.165, 1.54) is 4.31 Å². The van der Waals surface area contributed by atoms with Crippen molar-refractivity contribution in [2.45, 2.75) is 23.8 Å². The number of primary amides is 1. The van der Waals surface area contributed by atoms with Crippen molar-refractivity contribution in [3.63, 3.8) is 0 Å². The standard InChI is InChI=1S/C16H24N4O4S/c17-16(21)24-14-4-8-20(9-5-14)25(22,23)15-3-1-2-13(12-15)19-10-6-18-7-11-19/h1-3,12,14,18H,4-11H2,(H2,17,21). The second-order valence-electron chi connectivity index (χ2n) is 6.27. The van der Waals surface area contributed by atoms with Crippen molar-refractivity contribution in [1.29, 1.82) is 0 Å². The minimum atomic E-state index is -3.56. The second-order valence-corrected chi connectivity index (χ2v) is 8.21. The molecule has 1 aromatic carbocycles. The Hall–Kier alpha value is -1.84. The van der Waals surface area contributed by atoms with Crippen LogP contribution in [0.1, 0.15) is 12.8 Å². The van der Waals surface area contributed by atoms with Crippen LogP contribution in [0, 0.1) is 0 Å². The van der Waals surface area contributed by atoms with E-state index in [1.54, 1.807) is 18.2 Å². The van der Waals surface area contributed by atoms with Crippen molar-refractivity contribution < 1.29 is 17.9 Å². The van der Waals surface area contributed by atoms with Gasteiger partial charge in [0.1, 0.15) is 6.10 Å². The van der Waals surface area contributed by atoms with Crippen molar-refractivity contribution in [2.75, 3.05) is 44.2 Å². The van der Waals surface area contributed by atoms with Gasteiger partial charge in [-0.1, -0.05) is 6.07 Å². The number of sulfonamides is 1. The van der Waals surface area contributed by atoms with Crippen LogP contribution in [0.15, 0.2) is 29.2 Å². The Labute approximate surface area is 148 Å². The van der Waals surface area contributed by atoms with Gasteiger partial charge in [0.25, 0.3) is 0 Å². The maximum Gasteiger partial charge on any atom is 0.404 e. The molecular formula is C16H24N4O4S. The fourth-order valence-corrected chi connectivity index (χ4v) is 4.78. The van der Waals surface area contributed by atoms with Gasteiger partial charge in [-0.05, 0) is 31.0 Å². The molecule has 0 aromatic heterocycles. The molecule has 0 saturated carbocycles. The molecule has 8 nitrogen and oxygen atoms in total. The molecule has 2 aliphatic rings. The average Bonchev–Trinajstić information content (AvgIpc) is 2.62. The third-order valence-electron chi connectivity index (χ3n) is 4.62. The van der Waals surface area contributed by atoms with Crippen LogP contribution in [0.5, 0.6) is 0 Å². The lowest BCUT2D eigenvalue weighted by atomic mass is 10.1. The van der Waals surface area contributed by atoms with E-state index in [-0.39, 0.29) is 6.10 Å². The third-order valence-corrected chi connectivity index (χ3v) is 6.52. The van der Waals surface area contributed by atoms with E-state index in [0.29, 0.717) is 30.8 Å². The maximum atomic E-state index is 12.9. The Balaban J connectivity index is 1.71. The van der Waals surface area contributed by atoms with Crippen LogP contribution < -0.4 is 16.0 Å². The number of rotatable bonds is 4. The summed E-state index contributed by atoms with van der Waals surface area (Å²) in [7, 11) is -3.56. The summed E-state index contributed by atoms with van der Waals surface area (Å²) in [6, 6.07) is 7.10. The van der Waals surface area contributed by atoms with Gasteiger partial charge in [0.05, 0.1) is 4.90 Å². The zero-order valence-electron chi connectivity index (χ0n) is 14.1. The number of ether oxygens (including phenoxy) is 1. The molecule has 2 heterocycles. The first kappa shape index (κ1) is 18.0. The Bertz CT molecular complexity index is 711. The SMILES string of the molecule is NC(=O)OC1CCN(S(=O)(=O)c2cccc(N3CCNCC3)c2)CC1. The molecule has 9 heteroatoms. The number of hydrogen-bond acceptors (Lipinski definition) is 6. The number of amides is 1. The lowest BCUT2D eigenvalue weighted by Crippen LogP contribution is -2.43. The van der Waals surface area contributed by atoms with Crippen LogP contribution in [0.2, 0.25) is 0 Å². The number of carbonyl (C=O) groups is 1. The summed E-state index contributed by atoms with van der Waals surface area (Å²) in [6.45, 7) is 4.14. The Morgan fingerprint density at radius 1 is 1.16 bits per heavy atom. The highest BCUT2D eigenvalue weighted by Gasteiger charge is 2.31. The molecule has 1 aromatic rings. The van der Waals surface area contributed by atoms with Gasteiger partial charge < -0.3 is 20.7 Å². The van der Waals surface area contributed by atoms with Gasteiger partial charge in [0.15, 0.2) is 0 Å². The molecule has 2 aliphatic heterocycles. The Morgan fingerprint density at radius 2 is 1.84 bits per heavy atom. The van der Waals surface area contributed by atoms with E-state index in [9.17, 15) is 13.2 Å². The molecule has 0 unspecified atom stereocenters. The van der Waals surface area contributed by atoms with Gasteiger partial charge in [0, 0.05) is 45.0 Å². The molecule has 0 aliphatic carbocycles. The summed E-state index contributed by atoms with van der Waals surface area (Å²) in [4.78, 5) is 13.3. The molecule has 0 spiro atoms. The van der Waals surface area contributed by atoms with E-state index in [4.69, 9.17) is 10.5 Å². The minimum absolute atomic E-state index is 0.304. The van der Waals surface area contributed by atoms with E-state index in [1.807, 2.05) is 6.07 Å². The highest BCUT2D eigenvalue weighted by atomic mass is 32.2. The third kappa shape index (κ3) is 4.23. The number of nitrogens with zero attached hydrogens (tertiary/aromatic N) is 2. The highest BCUT2D eigenvalue weighted by Crippen LogP contribution is 2.25. The monoisotopic (exact) mass is 368 g/mol. The first-order valence-electron chi connectivity index (χ1n) is 8.49. The van der Waals surface area contributed by atoms with Crippen molar-refractivity contribution in [3.8, 4) is 0 Å². The van der Waals surface area contributed by atoms with Crippen molar-refractivity contribution in [2.24, 2.45) is 5.73 Å². The molecule has 3 N–H and O–H groups in total. The van der Waals surface area contributed by atoms with Crippen LogP contribution in [0.4, 0.5) is 10.5 Å². The molecule has 25 heavy (non-hydrogen) atoms. The van der Waals surface area contributed by atoms with Crippen molar-refractivity contribution >= 4 is 21.8 Å². The van der Waals surface area contributed by atoms with Crippen LogP contribution >= 0.6 is 0 Å². The first-order chi connectivity index (χ1) is 12.0. The highest BCUT2D eigenvalue weighted by molar-refractivity contribution is 7.89. The number of nitrogens with two attached hydrogens (primary N) is 1. The number of piperidine rings is 1. The molecule has 0 bridgehead atoms. The topological polar surface area (TPSA) is 105 Å². The molecule has 1 amide bonds. The predicted molar refractivity (Wildman–Crippen MR) is 94.0 cm³/mol. The Kier molecular flexibility index (Phi) is 5.45. The lowest BCUT2D eigenvalue weighted by molar-refractivity contribution is 0.0741. The van der Waals surface area contributed by atoms with Crippen molar-refractivity contribution in [1.82, 2.24) is 9.62 Å². The van der Waals surface area contributed by atoms with E-state index < -0.39 is 16.1 Å². The molecule has 2 saturated heterocycles. The van der Waals surface area contributed by atoms with Gasteiger partial charge in [-0.15, -0.1) is 0 Å². The molecule has 0 atom stereocenters. The molecule has 0 radical (unpaired) electrons. The fraction of sp³-hybridized carbons (Fsp3) is 0.562. The summed E-state index contributed by atoms with van der Waals surface area (Å²) in [5, 5.41) is 3.29. The van der Waals surface area contributed by atoms with Crippen LogP contribution in [-0.4, -0.2) is 64.2 Å². The predicted octanol–water partition coefficient (Wildman–Crippen LogP) is 0.345. The van der Waals surface area contributed by atoms with Crippen LogP contribution in [0.3, 0.4) is 0 Å². The maximum absolute atomic E-state index is 12.9. The zero-order valence-corrected chi connectivity index (χ0v) is 14.9. The molecule has 3 rings (SSSR count). The van der Waals surface area contributed by atoms with Crippen molar-refractivity contribution in [3.05, 3.63) is 24.3 Å². The van der Waals surface area contributed by atoms with Crippen LogP contribution in [-0.2, 0) is 14.8 Å². The van der Waals surface area contributed by atoms with E-state index in [0.717, 1.165) is 31.9 Å². The summed E-state index contributed by atoms with van der Waals surface area (Å²) < 4.78 is 32.2. The second kappa shape index (κ2) is 7.59. The number of anilines is 1. The zero-order chi connectivity index (χ0) is 17.9. The molecule has 138 valence electrons. The van der Waals surface area contributed by atoms with Gasteiger partial charge in [-0.3, -0.25) is 0 Å². The number of piperazine rings is 1. The number of hydrogen-bond donors (Lipinski definition) is 2. The number of benzene rings is 1. The minimum Gasteiger partial charge on any atom is -0.446 e. The number of carbonyl (C=O) groups excluding carboxylic acids is 1. The summed E-state index contributed by atoms with van der Waals surface area (Å²) in [6.07, 6.45) is -0.208. The lowest BCUT2D eigenvalue weighted by Gasteiger charge is -2.32. The normalized spacial score (nSPS) is 20.4. The quantitative estimate of drug-likeness (QED) is 0.794. The van der Waals surface area contributed by atoms with Gasteiger partial charge in [-0.2, -0.15) is 4.31 Å². The average molecular weight is 368 g/mol. The van der Waals surface area contributed by atoms with E-state index in [2.05, 4.69) is 10.2 Å². The van der Waals surface area contributed by atoms with Gasteiger partial charge in [0.2, 0.25) is 10.0 Å². The summed E-state index contributed by atoms with van der Waals surface area (Å²) in [5.74, 6) is 0. The Morgan fingerprint density at radius 3 is 2.48 bits per heavy atom. The van der Waals surface area contributed by atoms with Crippen LogP contribution in [0.25, 0.3) is 0 Å². The van der Waals surface area contributed by atoms with Gasteiger partial charge >= 0.3 is 6.09 Å². The van der Waals surface area contributed by atoms with E-state index >= 15 is 0 Å². The fourth-order valence-electron chi connectivity index (χ4n) is 3.27. The van der Waals surface area contributed by atoms with Gasteiger partial charge in [-0.25, -0.2) is 13.2 Å².